The number of amides is 1. The number of carbonyl (C=O) groups is 1. The molecular weight excluding hydrogens is 380 g/mol. The molecule has 2 aliphatic heterocycles. The predicted molar refractivity (Wildman–Crippen MR) is 111 cm³/mol. The van der Waals surface area contributed by atoms with Gasteiger partial charge in [0, 0.05) is 43.4 Å². The molecule has 0 bridgehead atoms. The Morgan fingerprint density at radius 2 is 1.87 bits per heavy atom. The van der Waals surface area contributed by atoms with Crippen LogP contribution in [0, 0.1) is 19.3 Å². The maximum Gasteiger partial charge on any atom is 0.257 e. The van der Waals surface area contributed by atoms with Crippen molar-refractivity contribution in [2.24, 2.45) is 12.5 Å². The summed E-state index contributed by atoms with van der Waals surface area (Å²) in [6, 6.07) is 9.94. The average molecular weight is 406 g/mol. The fourth-order valence-corrected chi connectivity index (χ4v) is 5.00. The molecule has 0 saturated carbocycles. The lowest BCUT2D eigenvalue weighted by molar-refractivity contribution is 0.0113. The van der Waals surface area contributed by atoms with E-state index in [0.29, 0.717) is 11.7 Å². The highest BCUT2D eigenvalue weighted by molar-refractivity contribution is 5.97. The van der Waals surface area contributed by atoms with E-state index in [4.69, 9.17) is 4.52 Å². The predicted octanol–water partition coefficient (Wildman–Crippen LogP) is 2.61. The summed E-state index contributed by atoms with van der Waals surface area (Å²) in [5.41, 5.74) is 3.48. The molecule has 8 heteroatoms. The number of likely N-dealkylation sites (tertiary alicyclic amines) is 2. The van der Waals surface area contributed by atoms with Crippen molar-refractivity contribution in [2.45, 2.75) is 26.3 Å². The Morgan fingerprint density at radius 1 is 1.13 bits per heavy atom. The van der Waals surface area contributed by atoms with Crippen LogP contribution < -0.4 is 0 Å². The second-order valence-electron chi connectivity index (χ2n) is 8.79. The normalized spacial score (nSPS) is 20.7. The van der Waals surface area contributed by atoms with Gasteiger partial charge in [0.2, 0.25) is 11.7 Å². The number of aryl methyl sites for hydroxylation is 2. The van der Waals surface area contributed by atoms with Gasteiger partial charge in [0.05, 0.1) is 17.3 Å². The first-order valence-corrected chi connectivity index (χ1v) is 10.3. The largest absolute Gasteiger partial charge is 0.337 e. The van der Waals surface area contributed by atoms with Gasteiger partial charge >= 0.3 is 0 Å². The number of benzene rings is 1. The molecule has 0 radical (unpaired) electrons. The Hall–Kier alpha value is -3.00. The summed E-state index contributed by atoms with van der Waals surface area (Å²) < 4.78 is 7.39. The molecule has 2 saturated heterocycles. The van der Waals surface area contributed by atoms with Crippen LogP contribution in [0.2, 0.25) is 0 Å². The Balaban J connectivity index is 1.29. The Bertz CT molecular complexity index is 1100. The monoisotopic (exact) mass is 406 g/mol. The van der Waals surface area contributed by atoms with Crippen LogP contribution in [0.25, 0.3) is 11.4 Å². The van der Waals surface area contributed by atoms with Gasteiger partial charge < -0.3 is 9.42 Å². The summed E-state index contributed by atoms with van der Waals surface area (Å²) in [7, 11) is 3.97. The van der Waals surface area contributed by atoms with Gasteiger partial charge in [-0.3, -0.25) is 14.4 Å². The highest BCUT2D eigenvalue weighted by Gasteiger charge is 2.53. The summed E-state index contributed by atoms with van der Waals surface area (Å²) in [6.45, 7) is 6.26. The first kappa shape index (κ1) is 19.0. The molecule has 1 spiro atoms. The lowest BCUT2D eigenvalue weighted by atomic mass is 9.77. The van der Waals surface area contributed by atoms with Crippen molar-refractivity contribution in [3.8, 4) is 11.4 Å². The molecular formula is C22H26N6O2. The van der Waals surface area contributed by atoms with Crippen molar-refractivity contribution < 1.29 is 9.32 Å². The van der Waals surface area contributed by atoms with Gasteiger partial charge in [0.1, 0.15) is 0 Å². The molecule has 3 aromatic rings. The van der Waals surface area contributed by atoms with Crippen LogP contribution in [0.4, 0.5) is 0 Å². The zero-order chi connectivity index (χ0) is 21.0. The van der Waals surface area contributed by atoms with Gasteiger partial charge in [0.15, 0.2) is 0 Å². The molecule has 156 valence electrons. The van der Waals surface area contributed by atoms with E-state index in [0.717, 1.165) is 48.6 Å². The Kier molecular flexibility index (Phi) is 4.28. The zero-order valence-corrected chi connectivity index (χ0v) is 17.8. The molecule has 1 atom stereocenters. The lowest BCUT2D eigenvalue weighted by Gasteiger charge is -2.48. The SMILES string of the molecule is Cc1nn(C)c(C)c1C(=O)N1CC2(CC(c3nc(-c4ccccc4)no3)N(C)C2)C1. The standard InChI is InChI=1S/C22H26N6O2/c1-14-18(15(2)27(4)24-14)21(29)28-12-22(13-28)10-17(26(3)11-22)20-23-19(25-30-20)16-8-6-5-7-9-16/h5-9,17H,10-13H2,1-4H3. The van der Waals surface area contributed by atoms with E-state index >= 15 is 0 Å². The molecule has 1 unspecified atom stereocenters. The minimum absolute atomic E-state index is 0.0779. The fourth-order valence-electron chi connectivity index (χ4n) is 5.00. The van der Waals surface area contributed by atoms with Crippen LogP contribution in [-0.2, 0) is 7.05 Å². The maximum absolute atomic E-state index is 13.0. The van der Waals surface area contributed by atoms with Crippen LogP contribution >= 0.6 is 0 Å². The van der Waals surface area contributed by atoms with Crippen LogP contribution in [0.3, 0.4) is 0 Å². The maximum atomic E-state index is 13.0. The van der Waals surface area contributed by atoms with E-state index in [1.54, 1.807) is 4.68 Å². The zero-order valence-electron chi connectivity index (χ0n) is 17.8. The van der Waals surface area contributed by atoms with E-state index in [2.05, 4.69) is 27.2 Å². The van der Waals surface area contributed by atoms with Gasteiger partial charge in [-0.2, -0.15) is 10.1 Å². The molecule has 2 aromatic heterocycles. The van der Waals surface area contributed by atoms with Crippen LogP contribution in [0.5, 0.6) is 0 Å². The van der Waals surface area contributed by atoms with Crippen molar-refractivity contribution >= 4 is 5.91 Å². The number of nitrogens with zero attached hydrogens (tertiary/aromatic N) is 6. The first-order valence-electron chi connectivity index (χ1n) is 10.3. The molecule has 2 aliphatic rings. The van der Waals surface area contributed by atoms with Crippen LogP contribution in [0.1, 0.15) is 40.1 Å². The third-order valence-corrected chi connectivity index (χ3v) is 6.56. The van der Waals surface area contributed by atoms with Crippen molar-refractivity contribution in [2.75, 3.05) is 26.7 Å². The molecule has 1 aromatic carbocycles. The summed E-state index contributed by atoms with van der Waals surface area (Å²) in [4.78, 5) is 21.9. The van der Waals surface area contributed by atoms with E-state index < -0.39 is 0 Å². The van der Waals surface area contributed by atoms with Gasteiger partial charge in [-0.15, -0.1) is 0 Å². The van der Waals surface area contributed by atoms with E-state index in [1.807, 2.05) is 56.1 Å². The minimum atomic E-state index is 0.0779. The van der Waals surface area contributed by atoms with Crippen molar-refractivity contribution in [3.05, 3.63) is 53.2 Å². The van der Waals surface area contributed by atoms with Gasteiger partial charge in [-0.05, 0) is 27.3 Å². The number of hydrogen-bond acceptors (Lipinski definition) is 6. The summed E-state index contributed by atoms with van der Waals surface area (Å²) >= 11 is 0. The van der Waals surface area contributed by atoms with Crippen LogP contribution in [-0.4, -0.2) is 62.3 Å². The molecule has 1 amide bonds. The second kappa shape index (κ2) is 6.77. The molecule has 8 nitrogen and oxygen atoms in total. The lowest BCUT2D eigenvalue weighted by Crippen LogP contribution is -2.59. The fraction of sp³-hybridized carbons (Fsp3) is 0.455. The number of hydrogen-bond donors (Lipinski definition) is 0. The highest BCUT2D eigenvalue weighted by atomic mass is 16.5. The molecule has 30 heavy (non-hydrogen) atoms. The second-order valence-corrected chi connectivity index (χ2v) is 8.79. The smallest absolute Gasteiger partial charge is 0.257 e. The molecule has 4 heterocycles. The van der Waals surface area contributed by atoms with E-state index in [-0.39, 0.29) is 17.4 Å². The van der Waals surface area contributed by atoms with Crippen molar-refractivity contribution in [1.29, 1.82) is 0 Å². The summed E-state index contributed by atoms with van der Waals surface area (Å²) in [5.74, 6) is 1.35. The minimum Gasteiger partial charge on any atom is -0.337 e. The number of rotatable bonds is 3. The Morgan fingerprint density at radius 3 is 2.53 bits per heavy atom. The summed E-state index contributed by atoms with van der Waals surface area (Å²) in [5, 5.41) is 8.56. The van der Waals surface area contributed by atoms with Crippen molar-refractivity contribution in [1.82, 2.24) is 29.7 Å². The van der Waals surface area contributed by atoms with E-state index in [9.17, 15) is 4.79 Å². The van der Waals surface area contributed by atoms with Crippen LogP contribution in [0.15, 0.2) is 34.9 Å². The Labute approximate surface area is 175 Å². The molecule has 0 N–H and O–H groups in total. The third-order valence-electron chi connectivity index (χ3n) is 6.56. The van der Waals surface area contributed by atoms with Crippen molar-refractivity contribution in [3.63, 3.8) is 0 Å². The quantitative estimate of drug-likeness (QED) is 0.665. The van der Waals surface area contributed by atoms with Gasteiger partial charge in [0.25, 0.3) is 5.91 Å². The molecule has 5 rings (SSSR count). The topological polar surface area (TPSA) is 80.3 Å². The molecule has 0 aliphatic carbocycles. The van der Waals surface area contributed by atoms with E-state index in [1.165, 1.54) is 0 Å². The molecule has 2 fully saturated rings. The highest BCUT2D eigenvalue weighted by Crippen LogP contribution is 2.48. The number of carbonyl (C=O) groups excluding carboxylic acids is 1. The average Bonchev–Trinajstić information content (AvgIpc) is 3.38. The summed E-state index contributed by atoms with van der Waals surface area (Å²) in [6.07, 6.45) is 0.911. The number of aromatic nitrogens is 4. The van der Waals surface area contributed by atoms with Gasteiger partial charge in [-0.1, -0.05) is 35.5 Å². The first-order chi connectivity index (χ1) is 14.4. The third kappa shape index (κ3) is 2.94. The van der Waals surface area contributed by atoms with Gasteiger partial charge in [-0.25, -0.2) is 0 Å².